The monoisotopic (exact) mass is 745 g/mol. The Balaban J connectivity index is 1.57. The topological polar surface area (TPSA) is 173 Å². The van der Waals surface area contributed by atoms with Crippen LogP contribution in [0.2, 0.25) is 0 Å². The Bertz CT molecular complexity index is 1930. The maximum absolute atomic E-state index is 11.7. The standard InChI is InChI=1S/C38H47N7O9/c1-8-9-24(2)54-37-42-36(35-41-21-30(45(35)43-37)34(46)25-12-15-33(40-20-25)52-16-17-53-38(47)39-3)44(22-26-10-13-28(48-4)18-31(26)50-6)23-27-11-14-29(49-5)19-32(27)51-7/h10-15,18-21,24,34,46H,8-9,16-17,22-23H2,1-7H3,(H,39,47)/t24-,34?/m1/s1. The number of amides is 1. The molecule has 0 fully saturated rings. The van der Waals surface area contributed by atoms with Gasteiger partial charge in [-0.15, -0.1) is 5.10 Å². The lowest BCUT2D eigenvalue weighted by atomic mass is 10.1. The maximum atomic E-state index is 11.7. The first kappa shape index (κ1) is 39.2. The molecule has 0 bridgehead atoms. The van der Waals surface area contributed by atoms with E-state index in [4.69, 9.17) is 48.2 Å². The summed E-state index contributed by atoms with van der Waals surface area (Å²) in [7, 11) is 7.89. The number of aliphatic hydroxyl groups is 1. The van der Waals surface area contributed by atoms with Gasteiger partial charge >= 0.3 is 12.1 Å². The predicted octanol–water partition coefficient (Wildman–Crippen LogP) is 5.14. The third kappa shape index (κ3) is 9.49. The van der Waals surface area contributed by atoms with E-state index in [0.717, 1.165) is 24.0 Å². The maximum Gasteiger partial charge on any atom is 0.406 e. The fourth-order valence-electron chi connectivity index (χ4n) is 5.70. The van der Waals surface area contributed by atoms with E-state index in [1.165, 1.54) is 13.2 Å². The lowest BCUT2D eigenvalue weighted by molar-refractivity contribution is 0.125. The number of nitrogens with one attached hydrogen (secondary N) is 1. The van der Waals surface area contributed by atoms with E-state index in [0.29, 0.717) is 64.7 Å². The number of methoxy groups -OCH3 is 4. The van der Waals surface area contributed by atoms with Crippen LogP contribution in [0.1, 0.15) is 55.2 Å². The number of hydrogen-bond acceptors (Lipinski definition) is 14. The molecule has 0 saturated heterocycles. The molecular weight excluding hydrogens is 698 g/mol. The molecule has 16 nitrogen and oxygen atoms in total. The van der Waals surface area contributed by atoms with Crippen LogP contribution in [0, 0.1) is 0 Å². The van der Waals surface area contributed by atoms with Crippen molar-refractivity contribution in [2.24, 2.45) is 0 Å². The molecule has 0 aliphatic carbocycles. The minimum Gasteiger partial charge on any atom is -0.497 e. The van der Waals surface area contributed by atoms with Gasteiger partial charge in [0.25, 0.3) is 0 Å². The average Bonchev–Trinajstić information content (AvgIpc) is 3.63. The largest absolute Gasteiger partial charge is 0.497 e. The summed E-state index contributed by atoms with van der Waals surface area (Å²) in [5.74, 6) is 3.29. The molecule has 3 heterocycles. The molecule has 54 heavy (non-hydrogen) atoms. The molecule has 288 valence electrons. The molecule has 2 aromatic carbocycles. The first-order valence-corrected chi connectivity index (χ1v) is 17.4. The zero-order chi connectivity index (χ0) is 38.6. The van der Waals surface area contributed by atoms with Gasteiger partial charge in [-0.1, -0.05) is 13.3 Å². The number of alkyl carbamates (subject to hydrolysis) is 1. The Hall–Kier alpha value is -6.03. The molecule has 0 radical (unpaired) electrons. The third-order valence-electron chi connectivity index (χ3n) is 8.49. The summed E-state index contributed by atoms with van der Waals surface area (Å²) in [6.45, 7) is 4.84. The number of hydrogen-bond donors (Lipinski definition) is 2. The summed E-state index contributed by atoms with van der Waals surface area (Å²) in [4.78, 5) is 27.3. The van der Waals surface area contributed by atoms with Gasteiger partial charge in [-0.05, 0) is 43.7 Å². The highest BCUT2D eigenvalue weighted by Crippen LogP contribution is 2.34. The first-order chi connectivity index (χ1) is 26.2. The van der Waals surface area contributed by atoms with Gasteiger partial charge in [0.05, 0.1) is 46.4 Å². The molecule has 1 amide bonds. The highest BCUT2D eigenvalue weighted by Gasteiger charge is 2.26. The van der Waals surface area contributed by atoms with Crippen molar-refractivity contribution in [3.8, 4) is 34.9 Å². The van der Waals surface area contributed by atoms with Gasteiger partial charge in [0.15, 0.2) is 11.5 Å². The van der Waals surface area contributed by atoms with Crippen molar-refractivity contribution in [2.75, 3.05) is 53.6 Å². The summed E-state index contributed by atoms with van der Waals surface area (Å²) in [6, 6.07) is 14.7. The van der Waals surface area contributed by atoms with Crippen molar-refractivity contribution in [1.82, 2.24) is 29.9 Å². The van der Waals surface area contributed by atoms with Crippen LogP contribution in [0.4, 0.5) is 10.6 Å². The van der Waals surface area contributed by atoms with E-state index in [9.17, 15) is 9.90 Å². The van der Waals surface area contributed by atoms with Crippen LogP contribution in [0.15, 0.2) is 60.9 Å². The Morgan fingerprint density at radius 2 is 1.56 bits per heavy atom. The van der Waals surface area contributed by atoms with E-state index in [2.05, 4.69) is 17.2 Å². The number of carbonyl (C=O) groups excluding carboxylic acids is 1. The quantitative estimate of drug-likeness (QED) is 0.106. The highest BCUT2D eigenvalue weighted by molar-refractivity contribution is 5.67. The van der Waals surface area contributed by atoms with E-state index < -0.39 is 12.2 Å². The molecule has 0 saturated carbocycles. The fourth-order valence-corrected chi connectivity index (χ4v) is 5.70. The molecular formula is C38H47N7O9. The molecule has 5 aromatic rings. The van der Waals surface area contributed by atoms with Gasteiger partial charge in [0.2, 0.25) is 5.88 Å². The SMILES string of the molecule is CCC[C@@H](C)Oc1nc(N(Cc2ccc(OC)cc2OC)Cc2ccc(OC)cc2OC)c2ncc(C(O)c3ccc(OCCOC(=O)NC)nc3)n2n1. The van der Waals surface area contributed by atoms with Crippen LogP contribution in [-0.2, 0) is 17.8 Å². The van der Waals surface area contributed by atoms with E-state index in [-0.39, 0.29) is 25.3 Å². The van der Waals surface area contributed by atoms with Crippen LogP contribution < -0.4 is 38.6 Å². The second kappa shape index (κ2) is 18.6. The van der Waals surface area contributed by atoms with Gasteiger partial charge in [0.1, 0.15) is 42.3 Å². The first-order valence-electron chi connectivity index (χ1n) is 17.4. The van der Waals surface area contributed by atoms with Gasteiger partial charge < -0.3 is 48.5 Å². The number of aromatic nitrogens is 5. The zero-order valence-corrected chi connectivity index (χ0v) is 31.6. The van der Waals surface area contributed by atoms with E-state index >= 15 is 0 Å². The fraction of sp³-hybridized carbons (Fsp3) is 0.395. The lowest BCUT2D eigenvalue weighted by Crippen LogP contribution is -2.26. The van der Waals surface area contributed by atoms with Gasteiger partial charge in [0, 0.05) is 61.2 Å². The second-order valence-electron chi connectivity index (χ2n) is 12.1. The number of ether oxygens (including phenoxy) is 7. The minimum atomic E-state index is -1.18. The van der Waals surface area contributed by atoms with Crippen molar-refractivity contribution in [3.63, 3.8) is 0 Å². The van der Waals surface area contributed by atoms with Crippen LogP contribution in [0.3, 0.4) is 0 Å². The smallest absolute Gasteiger partial charge is 0.406 e. The summed E-state index contributed by atoms with van der Waals surface area (Å²) >= 11 is 0. The van der Waals surface area contributed by atoms with Gasteiger partial charge in [-0.2, -0.15) is 4.98 Å². The number of imidazole rings is 1. The number of rotatable bonds is 19. The molecule has 5 rings (SSSR count). The van der Waals surface area contributed by atoms with Gasteiger partial charge in [-0.25, -0.2) is 19.3 Å². The van der Waals surface area contributed by atoms with Crippen molar-refractivity contribution >= 4 is 17.6 Å². The molecule has 3 aromatic heterocycles. The molecule has 0 aliphatic heterocycles. The van der Waals surface area contributed by atoms with Crippen LogP contribution in [0.25, 0.3) is 5.65 Å². The van der Waals surface area contributed by atoms with Crippen LogP contribution >= 0.6 is 0 Å². The summed E-state index contributed by atoms with van der Waals surface area (Å²) in [5.41, 5.74) is 2.91. The number of nitrogens with zero attached hydrogens (tertiary/aromatic N) is 6. The number of fused-ring (bicyclic) bond motifs is 1. The van der Waals surface area contributed by atoms with Crippen molar-refractivity contribution < 1.29 is 43.1 Å². The van der Waals surface area contributed by atoms with E-state index in [1.807, 2.05) is 48.2 Å². The third-order valence-corrected chi connectivity index (χ3v) is 8.49. The Morgan fingerprint density at radius 1 is 0.889 bits per heavy atom. The number of carbonyl (C=O) groups is 1. The number of aliphatic hydroxyl groups excluding tert-OH is 1. The summed E-state index contributed by atoms with van der Waals surface area (Å²) < 4.78 is 40.8. The van der Waals surface area contributed by atoms with Crippen LogP contribution in [0.5, 0.6) is 34.9 Å². The Labute approximate surface area is 313 Å². The second-order valence-corrected chi connectivity index (χ2v) is 12.1. The zero-order valence-electron chi connectivity index (χ0n) is 31.6. The Kier molecular flexibility index (Phi) is 13.5. The normalized spacial score (nSPS) is 12.1. The number of pyridine rings is 1. The molecule has 2 N–H and O–H groups in total. The summed E-state index contributed by atoms with van der Waals surface area (Å²) in [6.07, 6.45) is 2.82. The number of benzene rings is 2. The molecule has 0 spiro atoms. The minimum absolute atomic E-state index is 0.0460. The average molecular weight is 746 g/mol. The Morgan fingerprint density at radius 3 is 2.11 bits per heavy atom. The van der Waals surface area contributed by atoms with Crippen molar-refractivity contribution in [2.45, 2.75) is 52.0 Å². The van der Waals surface area contributed by atoms with E-state index in [1.54, 1.807) is 51.3 Å². The predicted molar refractivity (Wildman–Crippen MR) is 199 cm³/mol. The summed E-state index contributed by atoms with van der Waals surface area (Å²) in [5, 5.41) is 18.8. The van der Waals surface area contributed by atoms with Crippen molar-refractivity contribution in [1.29, 1.82) is 0 Å². The highest BCUT2D eigenvalue weighted by atomic mass is 16.6. The molecule has 0 aliphatic rings. The lowest BCUT2D eigenvalue weighted by Gasteiger charge is -2.27. The van der Waals surface area contributed by atoms with Crippen LogP contribution in [-0.4, -0.2) is 90.6 Å². The molecule has 1 unspecified atom stereocenters. The molecule has 16 heteroatoms. The number of anilines is 1. The van der Waals surface area contributed by atoms with Crippen molar-refractivity contribution in [3.05, 3.63) is 83.3 Å². The van der Waals surface area contributed by atoms with Gasteiger partial charge in [-0.3, -0.25) is 0 Å². The molecule has 2 atom stereocenters.